The van der Waals surface area contributed by atoms with Gasteiger partial charge in [0.05, 0.1) is 6.04 Å². The van der Waals surface area contributed by atoms with Crippen LogP contribution in [-0.4, -0.2) is 10.1 Å². The third-order valence-electron chi connectivity index (χ3n) is 2.52. The predicted molar refractivity (Wildman–Crippen MR) is 68.4 cm³/mol. The maximum Gasteiger partial charge on any atom is 0.226 e. The normalized spacial score (nSPS) is 12.7. The molecule has 1 atom stereocenters. The molecule has 2 rings (SSSR count). The number of nitrogens with two attached hydrogens (primary N) is 1. The van der Waals surface area contributed by atoms with Gasteiger partial charge >= 0.3 is 0 Å². The lowest BCUT2D eigenvalue weighted by Gasteiger charge is -2.09. The van der Waals surface area contributed by atoms with Gasteiger partial charge in [-0.05, 0) is 30.2 Å². The van der Waals surface area contributed by atoms with Crippen LogP contribution in [0.3, 0.4) is 0 Å². The molecule has 0 saturated heterocycles. The van der Waals surface area contributed by atoms with Gasteiger partial charge in [-0.3, -0.25) is 0 Å². The van der Waals surface area contributed by atoms with Crippen molar-refractivity contribution in [2.75, 3.05) is 0 Å². The molecule has 4 nitrogen and oxygen atoms in total. The topological polar surface area (TPSA) is 64.9 Å². The van der Waals surface area contributed by atoms with E-state index in [2.05, 4.69) is 26.1 Å². The average Bonchev–Trinajstić information content (AvgIpc) is 2.80. The minimum Gasteiger partial charge on any atom is -0.339 e. The quantitative estimate of drug-likeness (QED) is 0.942. The molecule has 0 bridgehead atoms. The number of hydrogen-bond donors (Lipinski definition) is 1. The highest BCUT2D eigenvalue weighted by atomic mass is 79.9. The summed E-state index contributed by atoms with van der Waals surface area (Å²) in [5, 5.41) is 3.83. The maximum absolute atomic E-state index is 13.2. The summed E-state index contributed by atoms with van der Waals surface area (Å²) in [4.78, 5) is 4.20. The fourth-order valence-electron chi connectivity index (χ4n) is 1.60. The lowest BCUT2D eigenvalue weighted by Crippen LogP contribution is -2.14. The lowest BCUT2D eigenvalue weighted by molar-refractivity contribution is 0.370. The Labute approximate surface area is 113 Å². The highest BCUT2D eigenvalue weighted by Gasteiger charge is 2.18. The first-order valence-electron chi connectivity index (χ1n) is 5.64. The first-order chi connectivity index (χ1) is 8.61. The summed E-state index contributed by atoms with van der Waals surface area (Å²) in [5.74, 6) is 0.571. The molecule has 6 heteroatoms. The SMILES string of the molecule is CCCc1nc(C(N)c2cc(F)ccc2Br)no1. The van der Waals surface area contributed by atoms with Crippen molar-refractivity contribution in [2.24, 2.45) is 5.73 Å². The van der Waals surface area contributed by atoms with Crippen molar-refractivity contribution in [3.63, 3.8) is 0 Å². The van der Waals surface area contributed by atoms with Gasteiger partial charge in [0.2, 0.25) is 5.89 Å². The maximum atomic E-state index is 13.2. The molecule has 96 valence electrons. The van der Waals surface area contributed by atoms with Gasteiger partial charge in [-0.25, -0.2) is 4.39 Å². The second kappa shape index (κ2) is 5.58. The van der Waals surface area contributed by atoms with Crippen molar-refractivity contribution in [1.29, 1.82) is 0 Å². The van der Waals surface area contributed by atoms with Crippen molar-refractivity contribution in [1.82, 2.24) is 10.1 Å². The highest BCUT2D eigenvalue weighted by Crippen LogP contribution is 2.26. The van der Waals surface area contributed by atoms with E-state index in [4.69, 9.17) is 10.3 Å². The number of benzene rings is 1. The zero-order valence-corrected chi connectivity index (χ0v) is 11.4. The van der Waals surface area contributed by atoms with Gasteiger partial charge in [-0.2, -0.15) is 4.98 Å². The van der Waals surface area contributed by atoms with Crippen LogP contribution in [-0.2, 0) is 6.42 Å². The van der Waals surface area contributed by atoms with Gasteiger partial charge in [0.15, 0.2) is 5.82 Å². The lowest BCUT2D eigenvalue weighted by atomic mass is 10.1. The van der Waals surface area contributed by atoms with E-state index in [0.717, 1.165) is 10.9 Å². The number of aryl methyl sites for hydroxylation is 1. The summed E-state index contributed by atoms with van der Waals surface area (Å²) in [6, 6.07) is 3.73. The zero-order valence-electron chi connectivity index (χ0n) is 9.86. The Morgan fingerprint density at radius 1 is 1.50 bits per heavy atom. The third-order valence-corrected chi connectivity index (χ3v) is 3.24. The highest BCUT2D eigenvalue weighted by molar-refractivity contribution is 9.10. The minimum absolute atomic E-state index is 0.346. The van der Waals surface area contributed by atoms with Crippen LogP contribution in [0.15, 0.2) is 27.2 Å². The molecule has 0 aliphatic heterocycles. The van der Waals surface area contributed by atoms with Crippen LogP contribution in [0.25, 0.3) is 0 Å². The summed E-state index contributed by atoms with van der Waals surface area (Å²) in [5.41, 5.74) is 6.61. The zero-order chi connectivity index (χ0) is 13.1. The third kappa shape index (κ3) is 2.76. The largest absolute Gasteiger partial charge is 0.339 e. The Hall–Kier alpha value is -1.27. The van der Waals surface area contributed by atoms with Gasteiger partial charge in [0.1, 0.15) is 5.82 Å². The fraction of sp³-hybridized carbons (Fsp3) is 0.333. The molecule has 0 aliphatic carbocycles. The van der Waals surface area contributed by atoms with Crippen molar-refractivity contribution >= 4 is 15.9 Å². The molecule has 0 amide bonds. The summed E-state index contributed by atoms with van der Waals surface area (Å²) in [6.45, 7) is 2.02. The Balaban J connectivity index is 2.29. The number of nitrogens with zero attached hydrogens (tertiary/aromatic N) is 2. The minimum atomic E-state index is -0.607. The number of hydrogen-bond acceptors (Lipinski definition) is 4. The van der Waals surface area contributed by atoms with Gasteiger partial charge < -0.3 is 10.3 Å². The van der Waals surface area contributed by atoms with Crippen LogP contribution in [0.2, 0.25) is 0 Å². The molecule has 2 N–H and O–H groups in total. The van der Waals surface area contributed by atoms with Crippen LogP contribution in [0.5, 0.6) is 0 Å². The fourth-order valence-corrected chi connectivity index (χ4v) is 2.10. The van der Waals surface area contributed by atoms with Gasteiger partial charge in [0, 0.05) is 10.9 Å². The Morgan fingerprint density at radius 2 is 2.28 bits per heavy atom. The first kappa shape index (κ1) is 13.2. The van der Waals surface area contributed by atoms with E-state index >= 15 is 0 Å². The second-order valence-electron chi connectivity index (χ2n) is 3.94. The molecule has 0 saturated carbocycles. The molecule has 0 spiro atoms. The summed E-state index contributed by atoms with van der Waals surface area (Å²) >= 11 is 3.33. The molecular formula is C12H13BrFN3O. The standard InChI is InChI=1S/C12H13BrFN3O/c1-2-3-10-16-12(17-18-10)11(15)8-6-7(14)4-5-9(8)13/h4-6,11H,2-3,15H2,1H3. The van der Waals surface area contributed by atoms with E-state index < -0.39 is 6.04 Å². The van der Waals surface area contributed by atoms with Crippen LogP contribution < -0.4 is 5.73 Å². The predicted octanol–water partition coefficient (Wildman–Crippen LogP) is 2.97. The summed E-state index contributed by atoms with van der Waals surface area (Å²) in [7, 11) is 0. The molecule has 1 unspecified atom stereocenters. The monoisotopic (exact) mass is 313 g/mol. The Morgan fingerprint density at radius 3 is 3.00 bits per heavy atom. The van der Waals surface area contributed by atoms with E-state index in [9.17, 15) is 4.39 Å². The molecule has 1 aromatic carbocycles. The smallest absolute Gasteiger partial charge is 0.226 e. The molecular weight excluding hydrogens is 301 g/mol. The Kier molecular flexibility index (Phi) is 4.08. The van der Waals surface area contributed by atoms with E-state index in [1.165, 1.54) is 12.1 Å². The van der Waals surface area contributed by atoms with Gasteiger partial charge in [-0.15, -0.1) is 0 Å². The average molecular weight is 314 g/mol. The van der Waals surface area contributed by atoms with Gasteiger partial charge in [0.25, 0.3) is 0 Å². The van der Waals surface area contributed by atoms with Crippen molar-refractivity contribution in [3.05, 3.63) is 45.8 Å². The van der Waals surface area contributed by atoms with Crippen LogP contribution in [0.4, 0.5) is 4.39 Å². The molecule has 2 aromatic rings. The molecule has 0 aliphatic rings. The Bertz CT molecular complexity index is 544. The van der Waals surface area contributed by atoms with E-state index in [1.807, 2.05) is 6.92 Å². The van der Waals surface area contributed by atoms with Crippen LogP contribution in [0.1, 0.15) is 36.7 Å². The number of rotatable bonds is 4. The summed E-state index contributed by atoms with van der Waals surface area (Å²) in [6.07, 6.45) is 1.63. The summed E-state index contributed by atoms with van der Waals surface area (Å²) < 4.78 is 19.0. The molecule has 1 aromatic heterocycles. The molecule has 0 radical (unpaired) electrons. The van der Waals surface area contributed by atoms with Crippen LogP contribution in [0, 0.1) is 5.82 Å². The van der Waals surface area contributed by atoms with Crippen LogP contribution >= 0.6 is 15.9 Å². The molecule has 0 fully saturated rings. The number of aromatic nitrogens is 2. The second-order valence-corrected chi connectivity index (χ2v) is 4.79. The van der Waals surface area contributed by atoms with Gasteiger partial charge in [-0.1, -0.05) is 28.0 Å². The molecule has 1 heterocycles. The van der Waals surface area contributed by atoms with E-state index in [0.29, 0.717) is 23.7 Å². The number of halogens is 2. The first-order valence-corrected chi connectivity index (χ1v) is 6.44. The van der Waals surface area contributed by atoms with Crippen molar-refractivity contribution in [2.45, 2.75) is 25.8 Å². The molecule has 18 heavy (non-hydrogen) atoms. The van der Waals surface area contributed by atoms with Crippen molar-refractivity contribution < 1.29 is 8.91 Å². The van der Waals surface area contributed by atoms with E-state index in [1.54, 1.807) is 6.07 Å². The van der Waals surface area contributed by atoms with Crippen molar-refractivity contribution in [3.8, 4) is 0 Å². The van der Waals surface area contributed by atoms with E-state index in [-0.39, 0.29) is 5.82 Å².